The van der Waals surface area contributed by atoms with E-state index in [4.69, 9.17) is 9.47 Å². The number of anilines is 1. The van der Waals surface area contributed by atoms with E-state index in [0.29, 0.717) is 46.4 Å². The Balaban J connectivity index is 1.49. The molecule has 168 valence electrons. The Kier molecular flexibility index (Phi) is 4.42. The molecule has 0 radical (unpaired) electrons. The van der Waals surface area contributed by atoms with E-state index >= 15 is 0 Å². The summed E-state index contributed by atoms with van der Waals surface area (Å²) >= 11 is 0. The zero-order chi connectivity index (χ0) is 22.7. The van der Waals surface area contributed by atoms with Crippen LogP contribution in [0.3, 0.4) is 0 Å². The van der Waals surface area contributed by atoms with E-state index in [1.165, 1.54) is 24.5 Å². The Morgan fingerprint density at radius 1 is 1.12 bits per heavy atom. The van der Waals surface area contributed by atoms with Gasteiger partial charge in [-0.3, -0.25) is 9.38 Å². The van der Waals surface area contributed by atoms with Gasteiger partial charge < -0.3 is 14.8 Å². The summed E-state index contributed by atoms with van der Waals surface area (Å²) in [5.74, 6) is 1.30. The van der Waals surface area contributed by atoms with E-state index in [1.54, 1.807) is 23.5 Å². The SMILES string of the molecule is Cc1nc(-c2cc3c(n4cnnc24)NCc2c(F)ccc4c2[C@@H](CO4)CO3)ccc1C(F)F. The lowest BCUT2D eigenvalue weighted by molar-refractivity contribution is 0.150. The third-order valence-corrected chi connectivity index (χ3v) is 6.16. The second kappa shape index (κ2) is 7.36. The highest BCUT2D eigenvalue weighted by atomic mass is 19.3. The van der Waals surface area contributed by atoms with E-state index in [9.17, 15) is 13.2 Å². The lowest BCUT2D eigenvalue weighted by Gasteiger charge is -2.17. The zero-order valence-corrected chi connectivity index (χ0v) is 17.5. The second-order valence-corrected chi connectivity index (χ2v) is 8.08. The van der Waals surface area contributed by atoms with Crippen LogP contribution in [0.2, 0.25) is 0 Å². The fourth-order valence-corrected chi connectivity index (χ4v) is 4.53. The molecule has 0 unspecified atom stereocenters. The molecule has 1 atom stereocenters. The first-order valence-electron chi connectivity index (χ1n) is 10.4. The quantitative estimate of drug-likeness (QED) is 0.476. The number of fused-ring (bicyclic) bond motifs is 3. The first-order chi connectivity index (χ1) is 16.0. The van der Waals surface area contributed by atoms with Crippen molar-refractivity contribution in [2.45, 2.75) is 25.8 Å². The third-order valence-electron chi connectivity index (χ3n) is 6.16. The largest absolute Gasteiger partial charge is 0.493 e. The van der Waals surface area contributed by atoms with Gasteiger partial charge in [-0.25, -0.2) is 13.2 Å². The monoisotopic (exact) mass is 453 g/mol. The van der Waals surface area contributed by atoms with E-state index < -0.39 is 6.43 Å². The number of halogens is 3. The maximum atomic E-state index is 14.7. The number of aromatic nitrogens is 4. The Hall–Kier alpha value is -3.82. The van der Waals surface area contributed by atoms with Crippen LogP contribution in [0.1, 0.15) is 34.7 Å². The van der Waals surface area contributed by atoms with Gasteiger partial charge in [-0.2, -0.15) is 0 Å². The molecule has 0 saturated carbocycles. The molecule has 2 aliphatic heterocycles. The number of hydrogen-bond acceptors (Lipinski definition) is 6. The molecule has 33 heavy (non-hydrogen) atoms. The highest BCUT2D eigenvalue weighted by Gasteiger charge is 2.31. The minimum absolute atomic E-state index is 0.117. The maximum Gasteiger partial charge on any atom is 0.265 e. The molecule has 0 saturated heterocycles. The van der Waals surface area contributed by atoms with Crippen LogP contribution in [0.5, 0.6) is 11.5 Å². The first kappa shape index (κ1) is 19.8. The lowest BCUT2D eigenvalue weighted by Crippen LogP contribution is -2.13. The van der Waals surface area contributed by atoms with Crippen LogP contribution in [-0.2, 0) is 6.54 Å². The van der Waals surface area contributed by atoms with Crippen LogP contribution in [0.4, 0.5) is 19.0 Å². The molecule has 10 heteroatoms. The summed E-state index contributed by atoms with van der Waals surface area (Å²) in [6.07, 6.45) is -1.08. The summed E-state index contributed by atoms with van der Waals surface area (Å²) in [7, 11) is 0. The predicted molar refractivity (Wildman–Crippen MR) is 113 cm³/mol. The van der Waals surface area contributed by atoms with Crippen LogP contribution < -0.4 is 14.8 Å². The summed E-state index contributed by atoms with van der Waals surface area (Å²) in [6, 6.07) is 7.72. The van der Waals surface area contributed by atoms with Crippen molar-refractivity contribution in [1.29, 1.82) is 0 Å². The van der Waals surface area contributed by atoms with Crippen molar-refractivity contribution < 1.29 is 22.6 Å². The van der Waals surface area contributed by atoms with Gasteiger partial charge in [0.15, 0.2) is 17.2 Å². The van der Waals surface area contributed by atoms with Gasteiger partial charge in [0.25, 0.3) is 6.43 Å². The normalized spacial score (nSPS) is 16.8. The smallest absolute Gasteiger partial charge is 0.265 e. The van der Waals surface area contributed by atoms with E-state index in [-0.39, 0.29) is 36.1 Å². The molecule has 2 aliphatic rings. The molecule has 1 aromatic carbocycles. The number of ether oxygens (including phenoxy) is 2. The predicted octanol–water partition coefficient (Wildman–Crippen LogP) is 4.66. The number of nitrogens with one attached hydrogen (secondary N) is 1. The van der Waals surface area contributed by atoms with Gasteiger partial charge in [-0.05, 0) is 37.3 Å². The molecule has 0 bridgehead atoms. The van der Waals surface area contributed by atoms with Crippen LogP contribution >= 0.6 is 0 Å². The topological polar surface area (TPSA) is 73.6 Å². The number of hydrogen-bond donors (Lipinski definition) is 1. The van der Waals surface area contributed by atoms with Crippen LogP contribution in [0.15, 0.2) is 36.7 Å². The molecule has 7 nitrogen and oxygen atoms in total. The molecule has 3 aromatic heterocycles. The first-order valence-corrected chi connectivity index (χ1v) is 10.4. The molecular formula is C23H18F3N5O2. The fourth-order valence-electron chi connectivity index (χ4n) is 4.53. The van der Waals surface area contributed by atoms with E-state index in [1.807, 2.05) is 0 Å². The highest BCUT2D eigenvalue weighted by Crippen LogP contribution is 2.41. The second-order valence-electron chi connectivity index (χ2n) is 8.08. The number of nitrogens with zero attached hydrogens (tertiary/aromatic N) is 4. The van der Waals surface area contributed by atoms with Gasteiger partial charge in [0, 0.05) is 34.5 Å². The molecule has 0 fully saturated rings. The Morgan fingerprint density at radius 2 is 1.94 bits per heavy atom. The molecule has 0 amide bonds. The van der Waals surface area contributed by atoms with Gasteiger partial charge in [-0.1, -0.05) is 0 Å². The van der Waals surface area contributed by atoms with Gasteiger partial charge >= 0.3 is 0 Å². The summed E-state index contributed by atoms with van der Waals surface area (Å²) < 4.78 is 54.7. The van der Waals surface area contributed by atoms with Crippen molar-refractivity contribution >= 4 is 11.5 Å². The van der Waals surface area contributed by atoms with Crippen molar-refractivity contribution in [2.75, 3.05) is 18.5 Å². The summed E-state index contributed by atoms with van der Waals surface area (Å²) in [6.45, 7) is 2.45. The molecule has 4 aromatic rings. The fraction of sp³-hybridized carbons (Fsp3) is 0.261. The number of rotatable bonds is 2. The number of aryl methyl sites for hydroxylation is 1. The summed E-state index contributed by atoms with van der Waals surface area (Å²) in [5, 5.41) is 11.5. The van der Waals surface area contributed by atoms with Crippen LogP contribution in [0.25, 0.3) is 16.9 Å². The van der Waals surface area contributed by atoms with Gasteiger partial charge in [0.1, 0.15) is 17.9 Å². The van der Waals surface area contributed by atoms with E-state index in [2.05, 4.69) is 20.5 Å². The van der Waals surface area contributed by atoms with Gasteiger partial charge in [-0.15, -0.1) is 10.2 Å². The molecule has 0 spiro atoms. The number of pyridine rings is 2. The van der Waals surface area contributed by atoms with Crippen molar-refractivity contribution in [3.05, 3.63) is 64.9 Å². The van der Waals surface area contributed by atoms with Crippen molar-refractivity contribution in [3.63, 3.8) is 0 Å². The van der Waals surface area contributed by atoms with Gasteiger partial charge in [0.05, 0.1) is 24.8 Å². The molecular weight excluding hydrogens is 435 g/mol. The lowest BCUT2D eigenvalue weighted by atomic mass is 9.96. The molecule has 5 heterocycles. The molecule has 6 rings (SSSR count). The average Bonchev–Trinajstić information content (AvgIpc) is 3.44. The molecule has 0 aliphatic carbocycles. The number of benzene rings is 1. The highest BCUT2D eigenvalue weighted by molar-refractivity contribution is 5.80. The van der Waals surface area contributed by atoms with Crippen molar-refractivity contribution in [2.24, 2.45) is 0 Å². The van der Waals surface area contributed by atoms with Crippen LogP contribution in [-0.4, -0.2) is 32.8 Å². The van der Waals surface area contributed by atoms with Crippen LogP contribution in [0, 0.1) is 12.7 Å². The Morgan fingerprint density at radius 3 is 2.73 bits per heavy atom. The van der Waals surface area contributed by atoms with Gasteiger partial charge in [0.2, 0.25) is 0 Å². The van der Waals surface area contributed by atoms with E-state index in [0.717, 1.165) is 5.56 Å². The Bertz CT molecular complexity index is 1400. The standard InChI is InChI=1S/C23H18F3N5O2/c1-11-13(21(25)26)2-4-17(29-11)14-6-19-23(31-10-28-30-22(14)31)27-7-15-16(24)3-5-18-20(15)12(8-32-18)9-33-19/h2-6,10,12,21,27H,7-9H2,1H3/t12-/m0/s1. The summed E-state index contributed by atoms with van der Waals surface area (Å²) in [5.41, 5.74) is 3.01. The van der Waals surface area contributed by atoms with Crippen molar-refractivity contribution in [3.8, 4) is 22.8 Å². The minimum atomic E-state index is -2.60. The maximum absolute atomic E-state index is 14.7. The average molecular weight is 453 g/mol. The number of alkyl halides is 2. The minimum Gasteiger partial charge on any atom is -0.493 e. The van der Waals surface area contributed by atoms with Crippen molar-refractivity contribution in [1.82, 2.24) is 19.6 Å². The third kappa shape index (κ3) is 3.08. The Labute approximate surface area is 186 Å². The summed E-state index contributed by atoms with van der Waals surface area (Å²) in [4.78, 5) is 4.38. The molecule has 1 N–H and O–H groups in total. The zero-order valence-electron chi connectivity index (χ0n) is 17.5.